The SMILES string of the molecule is CN(CC(F)(F)C(F)(F)C(F)(F)C(F)(F)C(F)(F)C(F)(F)C(F)F)CC(F)(F)C(F)(F)C(F)(F)C(F)(F)C(F)(F)C(F)(F)C(F)F. The van der Waals surface area contributed by atoms with Crippen molar-refractivity contribution in [2.75, 3.05) is 20.1 Å². The van der Waals surface area contributed by atoms with E-state index in [0.717, 1.165) is 0 Å². The van der Waals surface area contributed by atoms with Crippen LogP contribution in [0.1, 0.15) is 0 Å². The molecule has 0 aromatic heterocycles. The zero-order valence-electron chi connectivity index (χ0n) is 20.6. The van der Waals surface area contributed by atoms with Crippen molar-refractivity contribution in [2.24, 2.45) is 0 Å². The van der Waals surface area contributed by atoms with Gasteiger partial charge in [0, 0.05) is 0 Å². The predicted octanol–water partition coefficient (Wildman–Crippen LogP) is 9.07. The zero-order valence-corrected chi connectivity index (χ0v) is 20.6. The molecule has 0 rings (SSSR count). The summed E-state index contributed by atoms with van der Waals surface area (Å²) in [6.07, 6.45) is -12.2. The monoisotopic (exact) mass is 759 g/mol. The number of hydrogen-bond acceptors (Lipinski definition) is 1. The molecule has 0 aliphatic heterocycles. The normalized spacial score (nSPS) is 16.7. The third kappa shape index (κ3) is 5.83. The molecule has 0 heterocycles. The van der Waals surface area contributed by atoms with E-state index in [1.807, 2.05) is 0 Å². The van der Waals surface area contributed by atoms with Crippen molar-refractivity contribution in [3.05, 3.63) is 0 Å². The second-order valence-corrected chi connectivity index (χ2v) is 9.02. The zero-order chi connectivity index (χ0) is 38.1. The summed E-state index contributed by atoms with van der Waals surface area (Å²) in [5.41, 5.74) is 0. The van der Waals surface area contributed by atoms with Gasteiger partial charge in [0.15, 0.2) is 0 Å². The van der Waals surface area contributed by atoms with Gasteiger partial charge in [0.05, 0.1) is 13.1 Å². The summed E-state index contributed by atoms with van der Waals surface area (Å²) in [5, 5.41) is 0. The smallest absolute Gasteiger partial charge is 0.294 e. The van der Waals surface area contributed by atoms with Gasteiger partial charge in [0.1, 0.15) is 0 Å². The lowest BCUT2D eigenvalue weighted by atomic mass is 9.90. The lowest BCUT2D eigenvalue weighted by molar-refractivity contribution is -0.435. The Bertz CT molecular complexity index is 974. The van der Waals surface area contributed by atoms with Crippen LogP contribution < -0.4 is 0 Å². The Kier molecular flexibility index (Phi) is 11.1. The van der Waals surface area contributed by atoms with Gasteiger partial charge >= 0.3 is 83.9 Å². The second-order valence-electron chi connectivity index (χ2n) is 9.02. The standard InChI is InChI=1S/C17H9F28N/c1-46(2-6(22,23)10(30,31)14(38,39)16(42,43)12(34,35)8(26,27)4(18)19)3-7(24,25)11(32,33)15(40,41)17(44,45)13(36,37)9(28,29)5(20)21/h4-5H,2-3H2,1H3. The molecular weight excluding hydrogens is 750 g/mol. The molecule has 0 amide bonds. The molecule has 0 bridgehead atoms. The van der Waals surface area contributed by atoms with E-state index >= 15 is 0 Å². The molecule has 0 aromatic rings. The number of rotatable bonds is 16. The van der Waals surface area contributed by atoms with Gasteiger partial charge in [-0.05, 0) is 7.05 Å². The first kappa shape index (κ1) is 44.0. The molecule has 1 nitrogen and oxygen atoms in total. The molecule has 0 atom stereocenters. The van der Waals surface area contributed by atoms with Crippen LogP contribution in [0.25, 0.3) is 0 Å². The minimum Gasteiger partial charge on any atom is -0.294 e. The van der Waals surface area contributed by atoms with Gasteiger partial charge in [-0.25, -0.2) is 17.6 Å². The maximum atomic E-state index is 13.8. The molecular formula is C17H9F28N. The highest BCUT2D eigenvalue weighted by Gasteiger charge is 2.92. The van der Waals surface area contributed by atoms with Gasteiger partial charge in [0.2, 0.25) is 0 Å². The quantitative estimate of drug-likeness (QED) is 0.142. The van der Waals surface area contributed by atoms with Crippen LogP contribution in [-0.4, -0.2) is 109 Å². The van der Waals surface area contributed by atoms with Gasteiger partial charge in [-0.3, -0.25) is 4.90 Å². The van der Waals surface area contributed by atoms with Crippen LogP contribution in [-0.2, 0) is 0 Å². The molecule has 0 unspecified atom stereocenters. The summed E-state index contributed by atoms with van der Waals surface area (Å²) in [5.74, 6) is -98.5. The highest BCUT2D eigenvalue weighted by Crippen LogP contribution is 2.62. The number of hydrogen-bond donors (Lipinski definition) is 0. The van der Waals surface area contributed by atoms with Crippen molar-refractivity contribution in [1.29, 1.82) is 0 Å². The fraction of sp³-hybridized carbons (Fsp3) is 1.00. The average molecular weight is 759 g/mol. The number of alkyl halides is 28. The van der Waals surface area contributed by atoms with Crippen molar-refractivity contribution in [2.45, 2.75) is 83.9 Å². The molecule has 0 aliphatic carbocycles. The third-order valence-corrected chi connectivity index (χ3v) is 5.61. The highest BCUT2D eigenvalue weighted by atomic mass is 19.4. The average Bonchev–Trinajstić information content (AvgIpc) is 2.81. The molecule has 46 heavy (non-hydrogen) atoms. The van der Waals surface area contributed by atoms with E-state index in [9.17, 15) is 123 Å². The van der Waals surface area contributed by atoms with Crippen LogP contribution >= 0.6 is 0 Å². The number of nitrogens with zero attached hydrogens (tertiary/aromatic N) is 1. The lowest BCUT2D eigenvalue weighted by Crippen LogP contribution is -2.73. The van der Waals surface area contributed by atoms with E-state index < -0.39 is 109 Å². The maximum absolute atomic E-state index is 13.8. The van der Waals surface area contributed by atoms with Gasteiger partial charge < -0.3 is 0 Å². The summed E-state index contributed by atoms with van der Waals surface area (Å²) in [6, 6.07) is 0. The Labute approximate surface area is 233 Å². The van der Waals surface area contributed by atoms with E-state index in [1.165, 1.54) is 0 Å². The lowest BCUT2D eigenvalue weighted by Gasteiger charge is -2.43. The van der Waals surface area contributed by atoms with Crippen LogP contribution in [0.4, 0.5) is 123 Å². The summed E-state index contributed by atoms with van der Waals surface area (Å²) in [7, 11) is -0.834. The minimum absolute atomic E-state index is 0.834. The van der Waals surface area contributed by atoms with Gasteiger partial charge in [0.25, 0.3) is 0 Å². The van der Waals surface area contributed by atoms with Crippen molar-refractivity contribution >= 4 is 0 Å². The summed E-state index contributed by atoms with van der Waals surface area (Å²) in [4.78, 5) is -1.85. The topological polar surface area (TPSA) is 3.24 Å². The fourth-order valence-electron chi connectivity index (χ4n) is 2.87. The van der Waals surface area contributed by atoms with Crippen LogP contribution in [0.2, 0.25) is 0 Å². The molecule has 0 saturated carbocycles. The Morgan fingerprint density at radius 2 is 0.500 bits per heavy atom. The first-order chi connectivity index (χ1) is 19.5. The van der Waals surface area contributed by atoms with E-state index in [2.05, 4.69) is 0 Å². The van der Waals surface area contributed by atoms with Crippen LogP contribution in [0.15, 0.2) is 0 Å². The van der Waals surface area contributed by atoms with Crippen molar-refractivity contribution in [3.63, 3.8) is 0 Å². The first-order valence-corrected chi connectivity index (χ1v) is 10.3. The highest BCUT2D eigenvalue weighted by molar-refractivity contribution is 5.14. The molecule has 278 valence electrons. The first-order valence-electron chi connectivity index (χ1n) is 10.3. The molecule has 0 fully saturated rings. The van der Waals surface area contributed by atoms with E-state index in [4.69, 9.17) is 0 Å². The van der Waals surface area contributed by atoms with Crippen molar-refractivity contribution in [3.8, 4) is 0 Å². The van der Waals surface area contributed by atoms with Crippen LogP contribution in [0.5, 0.6) is 0 Å². The second kappa shape index (κ2) is 11.6. The predicted molar refractivity (Wildman–Crippen MR) is 88.9 cm³/mol. The maximum Gasteiger partial charge on any atom is 0.384 e. The third-order valence-electron chi connectivity index (χ3n) is 5.61. The van der Waals surface area contributed by atoms with Crippen LogP contribution in [0, 0.1) is 0 Å². The molecule has 0 spiro atoms. The Balaban J connectivity index is 6.65. The Morgan fingerprint density at radius 3 is 0.674 bits per heavy atom. The number of halogens is 28. The largest absolute Gasteiger partial charge is 0.384 e. The Morgan fingerprint density at radius 1 is 0.326 bits per heavy atom. The fourth-order valence-corrected chi connectivity index (χ4v) is 2.87. The Hall–Kier alpha value is -2.00. The van der Waals surface area contributed by atoms with E-state index in [1.54, 1.807) is 0 Å². The summed E-state index contributed by atoms with van der Waals surface area (Å²) in [6.45, 7) is -8.04. The van der Waals surface area contributed by atoms with E-state index in [-0.39, 0.29) is 0 Å². The summed E-state index contributed by atoms with van der Waals surface area (Å²) >= 11 is 0. The van der Waals surface area contributed by atoms with Crippen LogP contribution in [0.3, 0.4) is 0 Å². The van der Waals surface area contributed by atoms with Gasteiger partial charge in [-0.2, -0.15) is 105 Å². The molecule has 0 radical (unpaired) electrons. The molecule has 0 aliphatic rings. The minimum atomic E-state index is -8.67. The molecule has 0 N–H and O–H groups in total. The van der Waals surface area contributed by atoms with E-state index in [0.29, 0.717) is 0 Å². The van der Waals surface area contributed by atoms with Crippen molar-refractivity contribution < 1.29 is 123 Å². The molecule has 29 heteroatoms. The summed E-state index contributed by atoms with van der Waals surface area (Å²) < 4.78 is 370. The molecule has 0 saturated heterocycles. The molecule has 0 aromatic carbocycles. The van der Waals surface area contributed by atoms with Gasteiger partial charge in [-0.15, -0.1) is 0 Å². The van der Waals surface area contributed by atoms with Gasteiger partial charge in [-0.1, -0.05) is 0 Å². The van der Waals surface area contributed by atoms with Crippen molar-refractivity contribution in [1.82, 2.24) is 4.90 Å².